The number of piperazine rings is 1. The monoisotopic (exact) mass is 227 g/mol. The van der Waals surface area contributed by atoms with Gasteiger partial charge in [-0.25, -0.2) is 0 Å². The van der Waals surface area contributed by atoms with Crippen molar-refractivity contribution in [2.24, 2.45) is 0 Å². The lowest BCUT2D eigenvalue weighted by molar-refractivity contribution is -0.132. The van der Waals surface area contributed by atoms with Gasteiger partial charge >= 0.3 is 0 Å². The predicted molar refractivity (Wildman–Crippen MR) is 66.5 cm³/mol. The van der Waals surface area contributed by atoms with Crippen molar-refractivity contribution >= 4 is 5.91 Å². The van der Waals surface area contributed by atoms with Crippen LogP contribution in [0.4, 0.5) is 0 Å². The summed E-state index contributed by atoms with van der Waals surface area (Å²) in [5.41, 5.74) is 0. The van der Waals surface area contributed by atoms with Crippen LogP contribution in [-0.2, 0) is 4.79 Å². The fraction of sp³-hybridized carbons (Fsp3) is 0.917. The van der Waals surface area contributed by atoms with E-state index in [1.165, 1.54) is 6.42 Å². The Hall–Kier alpha value is -0.610. The fourth-order valence-electron chi connectivity index (χ4n) is 1.97. The van der Waals surface area contributed by atoms with E-state index in [9.17, 15) is 4.79 Å². The molecule has 0 saturated carbocycles. The van der Waals surface area contributed by atoms with Crippen LogP contribution in [-0.4, -0.2) is 62.5 Å². The number of hydrogen-bond acceptors (Lipinski definition) is 3. The largest absolute Gasteiger partial charge is 0.340 e. The minimum absolute atomic E-state index is 0.345. The number of hydrogen-bond donors (Lipinski definition) is 1. The molecule has 0 spiro atoms. The quantitative estimate of drug-likeness (QED) is 0.673. The molecular weight excluding hydrogens is 202 g/mol. The highest BCUT2D eigenvalue weighted by Crippen LogP contribution is 2.06. The Morgan fingerprint density at radius 3 is 2.44 bits per heavy atom. The van der Waals surface area contributed by atoms with Crippen LogP contribution in [0.3, 0.4) is 0 Å². The molecule has 1 N–H and O–H groups in total. The van der Waals surface area contributed by atoms with Gasteiger partial charge in [0.1, 0.15) is 0 Å². The van der Waals surface area contributed by atoms with Crippen molar-refractivity contribution in [2.45, 2.75) is 25.7 Å². The summed E-state index contributed by atoms with van der Waals surface area (Å²) in [5.74, 6) is 0.345. The molecule has 1 saturated heterocycles. The minimum atomic E-state index is 0.345. The number of nitrogens with zero attached hydrogens (tertiary/aromatic N) is 2. The van der Waals surface area contributed by atoms with Crippen molar-refractivity contribution in [2.75, 3.05) is 46.8 Å². The van der Waals surface area contributed by atoms with Gasteiger partial charge in [0, 0.05) is 32.6 Å². The summed E-state index contributed by atoms with van der Waals surface area (Å²) in [4.78, 5) is 16.1. The number of amides is 1. The Morgan fingerprint density at radius 2 is 1.81 bits per heavy atom. The van der Waals surface area contributed by atoms with Crippen LogP contribution in [0.25, 0.3) is 0 Å². The zero-order valence-corrected chi connectivity index (χ0v) is 10.7. The Bertz CT molecular complexity index is 200. The zero-order valence-electron chi connectivity index (χ0n) is 10.7. The summed E-state index contributed by atoms with van der Waals surface area (Å²) in [6, 6.07) is 0. The van der Waals surface area contributed by atoms with Gasteiger partial charge in [0.25, 0.3) is 0 Å². The van der Waals surface area contributed by atoms with Crippen LogP contribution in [0.1, 0.15) is 25.7 Å². The fourth-order valence-corrected chi connectivity index (χ4v) is 1.97. The molecule has 1 rings (SSSR count). The molecule has 0 aromatic heterocycles. The third-order valence-corrected chi connectivity index (χ3v) is 3.17. The van der Waals surface area contributed by atoms with E-state index >= 15 is 0 Å². The minimum Gasteiger partial charge on any atom is -0.340 e. The topological polar surface area (TPSA) is 35.6 Å². The number of unbranched alkanes of at least 4 members (excludes halogenated alkanes) is 2. The van der Waals surface area contributed by atoms with Crippen LogP contribution in [0.15, 0.2) is 0 Å². The molecule has 0 aromatic carbocycles. The summed E-state index contributed by atoms with van der Waals surface area (Å²) in [7, 11) is 4.08. The Morgan fingerprint density at radius 1 is 1.12 bits per heavy atom. The van der Waals surface area contributed by atoms with Gasteiger partial charge in [-0.05, 0) is 33.5 Å². The maximum Gasteiger partial charge on any atom is 0.222 e. The van der Waals surface area contributed by atoms with Crippen LogP contribution in [0.5, 0.6) is 0 Å². The van der Waals surface area contributed by atoms with E-state index < -0.39 is 0 Å². The molecule has 0 atom stereocenters. The van der Waals surface area contributed by atoms with E-state index in [0.29, 0.717) is 5.91 Å². The summed E-state index contributed by atoms with van der Waals surface area (Å²) < 4.78 is 0. The standard InChI is InChI=1S/C12H25N3O/c1-13-7-5-3-4-6-12(16)15-10-8-14(2)9-11-15/h13H,3-11H2,1-2H3. The first-order valence-corrected chi connectivity index (χ1v) is 6.35. The number of likely N-dealkylation sites (N-methyl/N-ethyl adjacent to an activating group) is 1. The molecule has 1 heterocycles. The average molecular weight is 227 g/mol. The second-order valence-corrected chi connectivity index (χ2v) is 4.60. The SMILES string of the molecule is CNCCCCCC(=O)N1CCN(C)CC1. The Labute approximate surface area is 99.0 Å². The lowest BCUT2D eigenvalue weighted by Gasteiger charge is -2.32. The molecule has 1 fully saturated rings. The van der Waals surface area contributed by atoms with E-state index in [1.54, 1.807) is 0 Å². The number of carbonyl (C=O) groups excluding carboxylic acids is 1. The third-order valence-electron chi connectivity index (χ3n) is 3.17. The van der Waals surface area contributed by atoms with Crippen molar-refractivity contribution in [3.63, 3.8) is 0 Å². The highest BCUT2D eigenvalue weighted by Gasteiger charge is 2.17. The number of rotatable bonds is 6. The lowest BCUT2D eigenvalue weighted by atomic mass is 10.1. The molecule has 1 amide bonds. The first-order chi connectivity index (χ1) is 7.74. The normalized spacial score (nSPS) is 17.8. The van der Waals surface area contributed by atoms with Crippen LogP contribution in [0.2, 0.25) is 0 Å². The molecule has 1 aliphatic heterocycles. The molecule has 94 valence electrons. The molecule has 4 nitrogen and oxygen atoms in total. The van der Waals surface area contributed by atoms with Gasteiger partial charge in [0.15, 0.2) is 0 Å². The van der Waals surface area contributed by atoms with Gasteiger partial charge in [-0.15, -0.1) is 0 Å². The Balaban J connectivity index is 2.06. The molecule has 0 aromatic rings. The Kier molecular flexibility index (Phi) is 6.42. The summed E-state index contributed by atoms with van der Waals surface area (Å²) in [6.07, 6.45) is 4.09. The maximum atomic E-state index is 11.8. The van der Waals surface area contributed by atoms with E-state index in [0.717, 1.165) is 52.0 Å². The molecule has 1 aliphatic rings. The number of carbonyl (C=O) groups is 1. The van der Waals surface area contributed by atoms with Gasteiger partial charge in [-0.2, -0.15) is 0 Å². The van der Waals surface area contributed by atoms with E-state index in [1.807, 2.05) is 11.9 Å². The van der Waals surface area contributed by atoms with Crippen molar-refractivity contribution in [1.82, 2.24) is 15.1 Å². The van der Waals surface area contributed by atoms with Crippen molar-refractivity contribution in [3.8, 4) is 0 Å². The molecule has 0 unspecified atom stereocenters. The average Bonchev–Trinajstić information content (AvgIpc) is 2.29. The maximum absolute atomic E-state index is 11.8. The molecular formula is C12H25N3O. The van der Waals surface area contributed by atoms with Crippen LogP contribution < -0.4 is 5.32 Å². The molecule has 4 heteroatoms. The summed E-state index contributed by atoms with van der Waals surface area (Å²) >= 11 is 0. The van der Waals surface area contributed by atoms with Crippen molar-refractivity contribution < 1.29 is 4.79 Å². The molecule has 0 bridgehead atoms. The molecule has 16 heavy (non-hydrogen) atoms. The van der Waals surface area contributed by atoms with Crippen molar-refractivity contribution in [1.29, 1.82) is 0 Å². The van der Waals surface area contributed by atoms with Crippen LogP contribution in [0, 0.1) is 0 Å². The summed E-state index contributed by atoms with van der Waals surface area (Å²) in [5, 5.41) is 3.12. The van der Waals surface area contributed by atoms with E-state index in [2.05, 4.69) is 17.3 Å². The van der Waals surface area contributed by atoms with Gasteiger partial charge in [-0.1, -0.05) is 6.42 Å². The second-order valence-electron chi connectivity index (χ2n) is 4.60. The van der Waals surface area contributed by atoms with Crippen LogP contribution >= 0.6 is 0 Å². The van der Waals surface area contributed by atoms with E-state index in [-0.39, 0.29) is 0 Å². The zero-order chi connectivity index (χ0) is 11.8. The first kappa shape index (κ1) is 13.5. The third kappa shape index (κ3) is 4.94. The van der Waals surface area contributed by atoms with Crippen molar-refractivity contribution in [3.05, 3.63) is 0 Å². The predicted octanol–water partition coefficient (Wildman–Crippen LogP) is 0.540. The highest BCUT2D eigenvalue weighted by molar-refractivity contribution is 5.76. The van der Waals surface area contributed by atoms with Gasteiger partial charge in [0.05, 0.1) is 0 Å². The van der Waals surface area contributed by atoms with E-state index in [4.69, 9.17) is 0 Å². The van der Waals surface area contributed by atoms with Gasteiger partial charge in [-0.3, -0.25) is 4.79 Å². The highest BCUT2D eigenvalue weighted by atomic mass is 16.2. The lowest BCUT2D eigenvalue weighted by Crippen LogP contribution is -2.47. The summed E-state index contributed by atoms with van der Waals surface area (Å²) in [6.45, 7) is 4.91. The smallest absolute Gasteiger partial charge is 0.222 e. The first-order valence-electron chi connectivity index (χ1n) is 6.35. The van der Waals surface area contributed by atoms with Gasteiger partial charge < -0.3 is 15.1 Å². The molecule has 0 radical (unpaired) electrons. The number of nitrogens with one attached hydrogen (secondary N) is 1. The second kappa shape index (κ2) is 7.63. The molecule has 0 aliphatic carbocycles. The van der Waals surface area contributed by atoms with Gasteiger partial charge in [0.2, 0.25) is 5.91 Å².